The standard InChI is InChI=1S/C25H24N2O6S/c1-5-33-24(30)21-14(2)26-25-27(22(21)16-7-9-17(31-3)10-8-16)23(29)20(34-25)13-15-6-11-19(32-4)18(28)12-15/h6-13,22,28H,5H2,1-4H3/b20-13-/t22-/m1/s1. The third-order valence-electron chi connectivity index (χ3n) is 5.45. The van der Waals surface area contributed by atoms with Crippen molar-refractivity contribution in [1.82, 2.24) is 4.57 Å². The van der Waals surface area contributed by atoms with Gasteiger partial charge in [-0.05, 0) is 55.3 Å². The van der Waals surface area contributed by atoms with Crippen molar-refractivity contribution in [3.05, 3.63) is 84.5 Å². The highest BCUT2D eigenvalue weighted by atomic mass is 32.1. The number of hydrogen-bond donors (Lipinski definition) is 1. The fourth-order valence-electron chi connectivity index (χ4n) is 3.84. The predicted octanol–water partition coefficient (Wildman–Crippen LogP) is 2.52. The van der Waals surface area contributed by atoms with E-state index in [0.717, 1.165) is 5.56 Å². The largest absolute Gasteiger partial charge is 0.504 e. The van der Waals surface area contributed by atoms with Crippen LogP contribution in [0.25, 0.3) is 6.08 Å². The number of nitrogens with zero attached hydrogens (tertiary/aromatic N) is 2. The van der Waals surface area contributed by atoms with Crippen LogP contribution in [0.4, 0.5) is 0 Å². The summed E-state index contributed by atoms with van der Waals surface area (Å²) in [5.74, 6) is 0.459. The van der Waals surface area contributed by atoms with E-state index in [1.807, 2.05) is 12.1 Å². The normalized spacial score (nSPS) is 15.5. The fourth-order valence-corrected chi connectivity index (χ4v) is 4.89. The number of benzene rings is 2. The Morgan fingerprint density at radius 3 is 2.53 bits per heavy atom. The second-order valence-corrected chi connectivity index (χ2v) is 8.52. The zero-order chi connectivity index (χ0) is 24.4. The third kappa shape index (κ3) is 4.22. The third-order valence-corrected chi connectivity index (χ3v) is 6.43. The average Bonchev–Trinajstić information content (AvgIpc) is 3.12. The van der Waals surface area contributed by atoms with Crippen molar-refractivity contribution in [1.29, 1.82) is 0 Å². The minimum atomic E-state index is -0.701. The van der Waals surface area contributed by atoms with Crippen LogP contribution in [0.5, 0.6) is 17.2 Å². The van der Waals surface area contributed by atoms with Gasteiger partial charge in [0.2, 0.25) is 0 Å². The van der Waals surface area contributed by atoms with Crippen molar-refractivity contribution >= 4 is 23.4 Å². The highest BCUT2D eigenvalue weighted by molar-refractivity contribution is 7.07. The van der Waals surface area contributed by atoms with Gasteiger partial charge in [0.05, 0.1) is 42.7 Å². The van der Waals surface area contributed by atoms with Crippen LogP contribution in [0.2, 0.25) is 0 Å². The Morgan fingerprint density at radius 1 is 1.18 bits per heavy atom. The van der Waals surface area contributed by atoms with Gasteiger partial charge in [-0.15, -0.1) is 0 Å². The number of esters is 1. The molecule has 0 amide bonds. The second-order valence-electron chi connectivity index (χ2n) is 7.51. The summed E-state index contributed by atoms with van der Waals surface area (Å²) >= 11 is 1.21. The van der Waals surface area contributed by atoms with Gasteiger partial charge < -0.3 is 19.3 Å². The van der Waals surface area contributed by atoms with Crippen LogP contribution >= 0.6 is 11.3 Å². The van der Waals surface area contributed by atoms with E-state index in [0.29, 0.717) is 37.7 Å². The molecule has 1 aromatic heterocycles. The molecule has 0 radical (unpaired) electrons. The number of aromatic nitrogens is 1. The molecule has 8 nitrogen and oxygen atoms in total. The molecule has 0 aliphatic carbocycles. The summed E-state index contributed by atoms with van der Waals surface area (Å²) in [7, 11) is 3.04. The van der Waals surface area contributed by atoms with Crippen LogP contribution in [-0.4, -0.2) is 36.5 Å². The van der Waals surface area contributed by atoms with Crippen molar-refractivity contribution in [2.45, 2.75) is 19.9 Å². The number of carbonyl (C=O) groups excluding carboxylic acids is 1. The highest BCUT2D eigenvalue weighted by Gasteiger charge is 2.33. The van der Waals surface area contributed by atoms with Gasteiger partial charge in [-0.1, -0.05) is 29.5 Å². The zero-order valence-electron chi connectivity index (χ0n) is 19.2. The van der Waals surface area contributed by atoms with Crippen LogP contribution in [0.1, 0.15) is 31.0 Å². The molecule has 9 heteroatoms. The Balaban J connectivity index is 1.92. The van der Waals surface area contributed by atoms with Crippen LogP contribution in [-0.2, 0) is 9.53 Å². The summed E-state index contributed by atoms with van der Waals surface area (Å²) in [5.41, 5.74) is 1.87. The van der Waals surface area contributed by atoms with Crippen LogP contribution in [0.3, 0.4) is 0 Å². The number of fused-ring (bicyclic) bond motifs is 1. The molecule has 3 aromatic rings. The van der Waals surface area contributed by atoms with Crippen molar-refractivity contribution < 1.29 is 24.1 Å². The average molecular weight is 481 g/mol. The zero-order valence-corrected chi connectivity index (χ0v) is 20.0. The number of rotatable bonds is 6. The molecule has 2 heterocycles. The number of methoxy groups -OCH3 is 2. The van der Waals surface area contributed by atoms with Crippen molar-refractivity contribution in [3.63, 3.8) is 0 Å². The Labute approximate surface area is 199 Å². The number of aromatic hydroxyl groups is 1. The Bertz CT molecular complexity index is 1450. The molecule has 0 saturated carbocycles. The molecular weight excluding hydrogens is 456 g/mol. The van der Waals surface area contributed by atoms with E-state index in [1.54, 1.807) is 51.3 Å². The Hall–Kier alpha value is -3.85. The SMILES string of the molecule is CCOC(=O)C1=C(C)N=c2s/c(=C\c3ccc(OC)c(O)c3)c(=O)n2[C@@H]1c1ccc(OC)cc1. The smallest absolute Gasteiger partial charge is 0.338 e. The Morgan fingerprint density at radius 2 is 1.91 bits per heavy atom. The van der Waals surface area contributed by atoms with E-state index in [-0.39, 0.29) is 17.9 Å². The maximum atomic E-state index is 13.6. The molecule has 0 bridgehead atoms. The molecule has 34 heavy (non-hydrogen) atoms. The molecule has 0 fully saturated rings. The monoisotopic (exact) mass is 480 g/mol. The molecule has 0 unspecified atom stereocenters. The molecule has 176 valence electrons. The molecule has 2 aromatic carbocycles. The van der Waals surface area contributed by atoms with Gasteiger partial charge in [0.1, 0.15) is 5.75 Å². The first-order valence-corrected chi connectivity index (χ1v) is 11.4. The molecule has 1 aliphatic rings. The minimum absolute atomic E-state index is 0.0272. The van der Waals surface area contributed by atoms with Gasteiger partial charge in [-0.3, -0.25) is 9.36 Å². The first-order valence-electron chi connectivity index (χ1n) is 10.6. The molecule has 1 aliphatic heterocycles. The van der Waals surface area contributed by atoms with E-state index in [4.69, 9.17) is 14.2 Å². The summed E-state index contributed by atoms with van der Waals surface area (Å²) in [6.07, 6.45) is 1.68. The molecule has 0 saturated heterocycles. The number of hydrogen-bond acceptors (Lipinski definition) is 8. The number of carbonyl (C=O) groups is 1. The van der Waals surface area contributed by atoms with Crippen molar-refractivity contribution in [2.75, 3.05) is 20.8 Å². The first kappa shape index (κ1) is 23.3. The van der Waals surface area contributed by atoms with Crippen molar-refractivity contribution in [2.24, 2.45) is 4.99 Å². The van der Waals surface area contributed by atoms with E-state index < -0.39 is 12.0 Å². The summed E-state index contributed by atoms with van der Waals surface area (Å²) in [5, 5.41) is 10.1. The van der Waals surface area contributed by atoms with Gasteiger partial charge in [0, 0.05) is 0 Å². The molecule has 0 spiro atoms. The molecule has 1 atom stereocenters. The van der Waals surface area contributed by atoms with E-state index in [2.05, 4.69) is 4.99 Å². The van der Waals surface area contributed by atoms with Gasteiger partial charge >= 0.3 is 5.97 Å². The van der Waals surface area contributed by atoms with Gasteiger partial charge in [-0.25, -0.2) is 9.79 Å². The summed E-state index contributed by atoms with van der Waals surface area (Å²) < 4.78 is 17.6. The molecular formula is C25H24N2O6S. The lowest BCUT2D eigenvalue weighted by atomic mass is 9.96. The maximum Gasteiger partial charge on any atom is 0.338 e. The number of ether oxygens (including phenoxy) is 3. The first-order chi connectivity index (χ1) is 16.4. The topological polar surface area (TPSA) is 99.4 Å². The lowest BCUT2D eigenvalue weighted by Crippen LogP contribution is -2.39. The number of phenols is 1. The lowest BCUT2D eigenvalue weighted by Gasteiger charge is -2.24. The van der Waals surface area contributed by atoms with E-state index in [1.165, 1.54) is 29.1 Å². The number of allylic oxidation sites excluding steroid dienone is 1. The fraction of sp³-hybridized carbons (Fsp3) is 0.240. The highest BCUT2D eigenvalue weighted by Crippen LogP contribution is 2.31. The van der Waals surface area contributed by atoms with Gasteiger partial charge in [0.25, 0.3) is 5.56 Å². The van der Waals surface area contributed by atoms with Crippen molar-refractivity contribution in [3.8, 4) is 17.2 Å². The minimum Gasteiger partial charge on any atom is -0.504 e. The number of phenolic OH excluding ortho intramolecular Hbond substituents is 1. The van der Waals surface area contributed by atoms with Crippen LogP contribution in [0.15, 0.2) is 63.5 Å². The van der Waals surface area contributed by atoms with Gasteiger partial charge in [0.15, 0.2) is 16.3 Å². The van der Waals surface area contributed by atoms with Crippen LogP contribution < -0.4 is 24.4 Å². The van der Waals surface area contributed by atoms with E-state index in [9.17, 15) is 14.7 Å². The molecule has 1 N–H and O–H groups in total. The quantitative estimate of drug-likeness (QED) is 0.545. The number of thiazole rings is 1. The van der Waals surface area contributed by atoms with E-state index >= 15 is 0 Å². The Kier molecular flexibility index (Phi) is 6.56. The summed E-state index contributed by atoms with van der Waals surface area (Å²) in [6, 6.07) is 11.4. The predicted molar refractivity (Wildman–Crippen MR) is 128 cm³/mol. The van der Waals surface area contributed by atoms with Gasteiger partial charge in [-0.2, -0.15) is 0 Å². The lowest BCUT2D eigenvalue weighted by molar-refractivity contribution is -0.139. The summed E-state index contributed by atoms with van der Waals surface area (Å²) in [6.45, 7) is 3.67. The summed E-state index contributed by atoms with van der Waals surface area (Å²) in [4.78, 5) is 31.5. The maximum absolute atomic E-state index is 13.6. The molecule has 4 rings (SSSR count). The van der Waals surface area contributed by atoms with Crippen LogP contribution in [0, 0.1) is 0 Å². The second kappa shape index (κ2) is 9.56.